The lowest BCUT2D eigenvalue weighted by molar-refractivity contribution is 0.344. The van der Waals surface area contributed by atoms with Crippen molar-refractivity contribution >= 4 is 11.2 Å². The number of hydrogen-bond acceptors (Lipinski definition) is 5. The van der Waals surface area contributed by atoms with Gasteiger partial charge in [0.1, 0.15) is 0 Å². The second kappa shape index (κ2) is 6.23. The maximum atomic E-state index is 12.7. The van der Waals surface area contributed by atoms with Gasteiger partial charge in [0.25, 0.3) is 5.56 Å². The molecule has 1 aliphatic rings. The SMILES string of the molecule is Cn1c(=O)c2nc(-c3ccccc3)nnc2n(C2CCCCC2)c1=O. The van der Waals surface area contributed by atoms with Gasteiger partial charge in [0.15, 0.2) is 17.0 Å². The lowest BCUT2D eigenvalue weighted by Gasteiger charge is -2.24. The van der Waals surface area contributed by atoms with Crippen molar-refractivity contribution in [3.8, 4) is 11.4 Å². The summed E-state index contributed by atoms with van der Waals surface area (Å²) in [5.41, 5.74) is 0.502. The molecule has 1 aliphatic carbocycles. The summed E-state index contributed by atoms with van der Waals surface area (Å²) in [4.78, 5) is 29.7. The van der Waals surface area contributed by atoms with E-state index < -0.39 is 5.56 Å². The zero-order chi connectivity index (χ0) is 17.4. The van der Waals surface area contributed by atoms with E-state index in [1.54, 1.807) is 4.57 Å². The molecule has 2 heterocycles. The summed E-state index contributed by atoms with van der Waals surface area (Å²) < 4.78 is 2.74. The summed E-state index contributed by atoms with van der Waals surface area (Å²) >= 11 is 0. The normalized spacial score (nSPS) is 15.6. The topological polar surface area (TPSA) is 82.7 Å². The minimum absolute atomic E-state index is 0.0502. The number of fused-ring (bicyclic) bond motifs is 1. The van der Waals surface area contributed by atoms with E-state index in [4.69, 9.17) is 0 Å². The molecule has 0 bridgehead atoms. The fourth-order valence-corrected chi connectivity index (χ4v) is 3.50. The van der Waals surface area contributed by atoms with E-state index in [9.17, 15) is 9.59 Å². The molecule has 1 aromatic carbocycles. The summed E-state index contributed by atoms with van der Waals surface area (Å²) in [7, 11) is 1.49. The molecule has 0 amide bonds. The third kappa shape index (κ3) is 2.65. The Labute approximate surface area is 144 Å². The molecule has 0 atom stereocenters. The fourth-order valence-electron chi connectivity index (χ4n) is 3.50. The first-order valence-corrected chi connectivity index (χ1v) is 8.58. The highest BCUT2D eigenvalue weighted by molar-refractivity contribution is 5.71. The number of benzene rings is 1. The average molecular weight is 337 g/mol. The van der Waals surface area contributed by atoms with Crippen molar-refractivity contribution in [3.05, 3.63) is 51.2 Å². The smallest absolute Gasteiger partial charge is 0.271 e. The van der Waals surface area contributed by atoms with Gasteiger partial charge in [0, 0.05) is 18.7 Å². The Morgan fingerprint density at radius 3 is 2.44 bits per heavy atom. The van der Waals surface area contributed by atoms with E-state index >= 15 is 0 Å². The van der Waals surface area contributed by atoms with Crippen molar-refractivity contribution in [1.29, 1.82) is 0 Å². The van der Waals surface area contributed by atoms with Crippen LogP contribution in [-0.2, 0) is 7.05 Å². The molecular formula is C18H19N5O2. The van der Waals surface area contributed by atoms with E-state index in [0.29, 0.717) is 11.5 Å². The van der Waals surface area contributed by atoms with E-state index in [1.165, 1.54) is 13.5 Å². The highest BCUT2D eigenvalue weighted by Crippen LogP contribution is 2.28. The Kier molecular flexibility index (Phi) is 3.91. The zero-order valence-corrected chi connectivity index (χ0v) is 14.1. The summed E-state index contributed by atoms with van der Waals surface area (Å²) in [5.74, 6) is 0.388. The zero-order valence-electron chi connectivity index (χ0n) is 14.1. The largest absolute Gasteiger partial charge is 0.332 e. The van der Waals surface area contributed by atoms with Crippen LogP contribution in [0.5, 0.6) is 0 Å². The predicted molar refractivity (Wildman–Crippen MR) is 94.4 cm³/mol. The quantitative estimate of drug-likeness (QED) is 0.715. The first-order valence-electron chi connectivity index (χ1n) is 8.58. The van der Waals surface area contributed by atoms with Crippen LogP contribution in [0.25, 0.3) is 22.6 Å². The molecule has 0 unspecified atom stereocenters. The number of aromatic nitrogens is 5. The van der Waals surface area contributed by atoms with Gasteiger partial charge < -0.3 is 0 Å². The molecule has 7 nitrogen and oxygen atoms in total. The van der Waals surface area contributed by atoms with E-state index in [2.05, 4.69) is 15.2 Å². The van der Waals surface area contributed by atoms with Crippen LogP contribution in [0.1, 0.15) is 38.1 Å². The Morgan fingerprint density at radius 1 is 1.00 bits per heavy atom. The molecule has 7 heteroatoms. The van der Waals surface area contributed by atoms with Crippen LogP contribution in [0.4, 0.5) is 0 Å². The Morgan fingerprint density at radius 2 is 1.72 bits per heavy atom. The molecule has 4 rings (SSSR count). The van der Waals surface area contributed by atoms with Crippen molar-refractivity contribution in [2.75, 3.05) is 0 Å². The lowest BCUT2D eigenvalue weighted by Crippen LogP contribution is -2.41. The molecule has 0 N–H and O–H groups in total. The van der Waals surface area contributed by atoms with Gasteiger partial charge in [0.05, 0.1) is 0 Å². The molecule has 0 aliphatic heterocycles. The highest BCUT2D eigenvalue weighted by atomic mass is 16.2. The summed E-state index contributed by atoms with van der Waals surface area (Å²) in [6.45, 7) is 0. The molecule has 128 valence electrons. The third-order valence-corrected chi connectivity index (χ3v) is 4.87. The molecule has 1 saturated carbocycles. The van der Waals surface area contributed by atoms with Gasteiger partial charge in [-0.2, -0.15) is 0 Å². The van der Waals surface area contributed by atoms with Crippen LogP contribution in [0, 0.1) is 0 Å². The lowest BCUT2D eigenvalue weighted by atomic mass is 9.95. The van der Waals surface area contributed by atoms with Crippen LogP contribution in [0.15, 0.2) is 39.9 Å². The Hall–Kier alpha value is -2.83. The minimum Gasteiger partial charge on any atom is -0.271 e. The minimum atomic E-state index is -0.431. The van der Waals surface area contributed by atoms with Crippen LogP contribution in [-0.4, -0.2) is 24.3 Å². The van der Waals surface area contributed by atoms with Gasteiger partial charge in [-0.1, -0.05) is 49.6 Å². The predicted octanol–water partition coefficient (Wildman–Crippen LogP) is 2.06. The monoisotopic (exact) mass is 337 g/mol. The standard InChI is InChI=1S/C18H19N5O2/c1-22-17(24)14-16(23(18(22)25)13-10-6-3-7-11-13)21-20-15(19-14)12-8-4-2-5-9-12/h2,4-5,8-9,13H,3,6-7,10-11H2,1H3. The van der Waals surface area contributed by atoms with Crippen molar-refractivity contribution in [3.63, 3.8) is 0 Å². The van der Waals surface area contributed by atoms with Gasteiger partial charge in [0.2, 0.25) is 0 Å². The van der Waals surface area contributed by atoms with Gasteiger partial charge >= 0.3 is 5.69 Å². The summed E-state index contributed by atoms with van der Waals surface area (Å²) in [5, 5.41) is 8.41. The van der Waals surface area contributed by atoms with Crippen molar-refractivity contribution in [2.24, 2.45) is 7.05 Å². The maximum absolute atomic E-state index is 12.7. The van der Waals surface area contributed by atoms with E-state index in [0.717, 1.165) is 35.8 Å². The first kappa shape index (κ1) is 15.7. The summed E-state index contributed by atoms with van der Waals surface area (Å²) in [6, 6.07) is 9.44. The number of rotatable bonds is 2. The van der Waals surface area contributed by atoms with Crippen LogP contribution in [0.2, 0.25) is 0 Å². The van der Waals surface area contributed by atoms with Crippen LogP contribution >= 0.6 is 0 Å². The molecule has 2 aromatic heterocycles. The molecule has 25 heavy (non-hydrogen) atoms. The second-order valence-electron chi connectivity index (χ2n) is 6.48. The number of nitrogens with zero attached hydrogens (tertiary/aromatic N) is 5. The Bertz CT molecular complexity index is 1030. The van der Waals surface area contributed by atoms with Gasteiger partial charge in [-0.25, -0.2) is 9.78 Å². The highest BCUT2D eigenvalue weighted by Gasteiger charge is 2.23. The summed E-state index contributed by atoms with van der Waals surface area (Å²) in [6.07, 6.45) is 5.15. The Balaban J connectivity index is 1.97. The molecule has 1 fully saturated rings. The van der Waals surface area contributed by atoms with Gasteiger partial charge in [-0.3, -0.25) is 13.9 Å². The first-order chi connectivity index (χ1) is 12.2. The molecule has 0 spiro atoms. The van der Waals surface area contributed by atoms with Gasteiger partial charge in [-0.05, 0) is 12.8 Å². The maximum Gasteiger partial charge on any atom is 0.332 e. The van der Waals surface area contributed by atoms with Crippen LogP contribution in [0.3, 0.4) is 0 Å². The van der Waals surface area contributed by atoms with Gasteiger partial charge in [-0.15, -0.1) is 10.2 Å². The van der Waals surface area contributed by atoms with Crippen molar-refractivity contribution in [1.82, 2.24) is 24.3 Å². The third-order valence-electron chi connectivity index (χ3n) is 4.87. The molecular weight excluding hydrogens is 318 g/mol. The molecule has 3 aromatic rings. The van der Waals surface area contributed by atoms with Crippen molar-refractivity contribution < 1.29 is 0 Å². The fraction of sp³-hybridized carbons (Fsp3) is 0.389. The second-order valence-corrected chi connectivity index (χ2v) is 6.48. The molecule has 0 radical (unpaired) electrons. The van der Waals surface area contributed by atoms with E-state index in [1.807, 2.05) is 30.3 Å². The van der Waals surface area contributed by atoms with Crippen LogP contribution < -0.4 is 11.2 Å². The van der Waals surface area contributed by atoms with Crippen molar-refractivity contribution in [2.45, 2.75) is 38.1 Å². The number of hydrogen-bond donors (Lipinski definition) is 0. The van der Waals surface area contributed by atoms with E-state index in [-0.39, 0.29) is 17.2 Å². The average Bonchev–Trinajstić information content (AvgIpc) is 2.68. The molecule has 0 saturated heterocycles.